The first-order valence-electron chi connectivity index (χ1n) is 5.49. The van der Waals surface area contributed by atoms with Crippen LogP contribution in [0, 0.1) is 11.3 Å². The highest BCUT2D eigenvalue weighted by Crippen LogP contribution is 2.13. The monoisotopic (exact) mass is 240 g/mol. The van der Waals surface area contributed by atoms with Gasteiger partial charge in [-0.3, -0.25) is 4.57 Å². The molecule has 0 spiro atoms. The van der Waals surface area contributed by atoms with Gasteiger partial charge in [0.15, 0.2) is 0 Å². The Hall–Kier alpha value is -2.61. The van der Waals surface area contributed by atoms with Crippen molar-refractivity contribution in [2.45, 2.75) is 13.0 Å². The van der Waals surface area contributed by atoms with Crippen LogP contribution in [0.2, 0.25) is 0 Å². The van der Waals surface area contributed by atoms with Crippen molar-refractivity contribution in [1.82, 2.24) is 14.9 Å². The van der Waals surface area contributed by atoms with Crippen LogP contribution < -0.4 is 5.32 Å². The lowest BCUT2D eigenvalue weighted by Crippen LogP contribution is -2.30. The van der Waals surface area contributed by atoms with E-state index in [1.165, 1.54) is 10.9 Å². The Labute approximate surface area is 105 Å². The summed E-state index contributed by atoms with van der Waals surface area (Å²) in [6.07, 6.45) is 4.58. The van der Waals surface area contributed by atoms with Crippen molar-refractivity contribution in [2.75, 3.05) is 0 Å². The predicted octanol–water partition coefficient (Wildman–Crippen LogP) is 2.07. The Morgan fingerprint density at radius 2 is 2.17 bits per heavy atom. The van der Waals surface area contributed by atoms with E-state index in [-0.39, 0.29) is 12.1 Å². The molecule has 1 amide bonds. The molecule has 18 heavy (non-hydrogen) atoms. The third-order valence-electron chi connectivity index (χ3n) is 2.62. The summed E-state index contributed by atoms with van der Waals surface area (Å²) in [6, 6.07) is 8.82. The Morgan fingerprint density at radius 1 is 1.44 bits per heavy atom. The summed E-state index contributed by atoms with van der Waals surface area (Å²) in [5.74, 6) is 0. The molecule has 0 aliphatic rings. The van der Waals surface area contributed by atoms with Gasteiger partial charge in [-0.15, -0.1) is 0 Å². The molecule has 0 saturated carbocycles. The smallest absolute Gasteiger partial charge is 0.327 e. The summed E-state index contributed by atoms with van der Waals surface area (Å²) < 4.78 is 1.38. The van der Waals surface area contributed by atoms with Crippen LogP contribution in [-0.4, -0.2) is 15.6 Å². The highest BCUT2D eigenvalue weighted by atomic mass is 16.2. The topological polar surface area (TPSA) is 70.7 Å². The first kappa shape index (κ1) is 11.9. The lowest BCUT2D eigenvalue weighted by molar-refractivity contribution is 0.239. The molecule has 0 fully saturated rings. The highest BCUT2D eigenvalue weighted by Gasteiger charge is 2.10. The van der Waals surface area contributed by atoms with E-state index in [0.29, 0.717) is 5.56 Å². The van der Waals surface area contributed by atoms with Crippen molar-refractivity contribution in [3.05, 3.63) is 54.1 Å². The molecular weight excluding hydrogens is 228 g/mol. The van der Waals surface area contributed by atoms with Crippen LogP contribution in [0.4, 0.5) is 4.79 Å². The molecule has 1 aromatic carbocycles. The van der Waals surface area contributed by atoms with E-state index in [2.05, 4.69) is 16.4 Å². The van der Waals surface area contributed by atoms with Crippen LogP contribution in [0.5, 0.6) is 0 Å². The molecule has 1 unspecified atom stereocenters. The molecule has 0 radical (unpaired) electrons. The van der Waals surface area contributed by atoms with Gasteiger partial charge in [0.05, 0.1) is 17.7 Å². The van der Waals surface area contributed by atoms with Gasteiger partial charge in [0.1, 0.15) is 6.33 Å². The number of aromatic nitrogens is 2. The summed E-state index contributed by atoms with van der Waals surface area (Å²) in [7, 11) is 0. The average Bonchev–Trinajstić information content (AvgIpc) is 2.92. The zero-order valence-electron chi connectivity index (χ0n) is 9.87. The van der Waals surface area contributed by atoms with Gasteiger partial charge in [0.25, 0.3) is 0 Å². The molecule has 0 aliphatic carbocycles. The lowest BCUT2D eigenvalue weighted by atomic mass is 10.1. The van der Waals surface area contributed by atoms with E-state index in [4.69, 9.17) is 5.26 Å². The summed E-state index contributed by atoms with van der Waals surface area (Å²) in [4.78, 5) is 15.6. The van der Waals surface area contributed by atoms with Crippen molar-refractivity contribution in [3.63, 3.8) is 0 Å². The van der Waals surface area contributed by atoms with Crippen LogP contribution in [-0.2, 0) is 0 Å². The Balaban J connectivity index is 2.05. The summed E-state index contributed by atoms with van der Waals surface area (Å²) >= 11 is 0. The van der Waals surface area contributed by atoms with Crippen LogP contribution in [0.3, 0.4) is 0 Å². The van der Waals surface area contributed by atoms with Crippen LogP contribution in [0.15, 0.2) is 43.0 Å². The second-order valence-electron chi connectivity index (χ2n) is 3.87. The quantitative estimate of drug-likeness (QED) is 0.873. The van der Waals surface area contributed by atoms with E-state index in [9.17, 15) is 4.79 Å². The van der Waals surface area contributed by atoms with Gasteiger partial charge < -0.3 is 5.32 Å². The molecule has 90 valence electrons. The molecular formula is C13H12N4O. The molecule has 2 rings (SSSR count). The van der Waals surface area contributed by atoms with E-state index in [1.54, 1.807) is 24.5 Å². The van der Waals surface area contributed by atoms with Crippen molar-refractivity contribution < 1.29 is 4.79 Å². The summed E-state index contributed by atoms with van der Waals surface area (Å²) in [6.45, 7) is 1.89. The minimum atomic E-state index is -0.232. The second-order valence-corrected chi connectivity index (χ2v) is 3.87. The average molecular weight is 240 g/mol. The van der Waals surface area contributed by atoms with Crippen LogP contribution in [0.25, 0.3) is 0 Å². The van der Waals surface area contributed by atoms with Crippen LogP contribution >= 0.6 is 0 Å². The third-order valence-corrected chi connectivity index (χ3v) is 2.62. The molecule has 1 heterocycles. The Morgan fingerprint density at radius 3 is 2.72 bits per heavy atom. The maximum Gasteiger partial charge on any atom is 0.327 e. The maximum absolute atomic E-state index is 11.8. The standard InChI is InChI=1S/C13H12N4O/c1-10(12-4-2-11(8-14)3-5-12)16-13(18)17-7-6-15-9-17/h2-7,9-10H,1H3,(H,16,18). The van der Waals surface area contributed by atoms with Gasteiger partial charge in [-0.05, 0) is 24.6 Å². The lowest BCUT2D eigenvalue weighted by Gasteiger charge is -2.14. The first-order chi connectivity index (χ1) is 8.70. The van der Waals surface area contributed by atoms with Gasteiger partial charge in [0, 0.05) is 12.4 Å². The molecule has 5 heteroatoms. The van der Waals surface area contributed by atoms with Gasteiger partial charge in [-0.2, -0.15) is 5.26 Å². The fraction of sp³-hybridized carbons (Fsp3) is 0.154. The molecule has 0 saturated heterocycles. The van der Waals surface area contributed by atoms with Gasteiger partial charge >= 0.3 is 6.03 Å². The zero-order valence-corrected chi connectivity index (χ0v) is 9.87. The number of nitrogens with zero attached hydrogens (tertiary/aromatic N) is 3. The SMILES string of the molecule is CC(NC(=O)n1ccnc1)c1ccc(C#N)cc1. The minimum absolute atomic E-state index is 0.132. The fourth-order valence-corrected chi connectivity index (χ4v) is 1.57. The highest BCUT2D eigenvalue weighted by molar-refractivity contribution is 5.76. The maximum atomic E-state index is 11.8. The number of nitrogens with one attached hydrogen (secondary N) is 1. The molecule has 0 bridgehead atoms. The molecule has 1 aromatic heterocycles. The summed E-state index contributed by atoms with van der Waals surface area (Å²) in [5.41, 5.74) is 1.55. The van der Waals surface area contributed by atoms with Crippen molar-refractivity contribution >= 4 is 6.03 Å². The molecule has 1 atom stereocenters. The number of hydrogen-bond acceptors (Lipinski definition) is 3. The Kier molecular flexibility index (Phi) is 3.39. The number of nitriles is 1. The summed E-state index contributed by atoms with van der Waals surface area (Å²) in [5, 5.41) is 11.5. The number of rotatable bonds is 2. The third kappa shape index (κ3) is 2.55. The number of imidazole rings is 1. The van der Waals surface area contributed by atoms with E-state index in [1.807, 2.05) is 19.1 Å². The number of amides is 1. The number of carbonyl (C=O) groups excluding carboxylic acids is 1. The molecule has 1 N–H and O–H groups in total. The fourth-order valence-electron chi connectivity index (χ4n) is 1.57. The van der Waals surface area contributed by atoms with E-state index in [0.717, 1.165) is 5.56 Å². The molecule has 2 aromatic rings. The van der Waals surface area contributed by atoms with E-state index >= 15 is 0 Å². The van der Waals surface area contributed by atoms with E-state index < -0.39 is 0 Å². The second kappa shape index (κ2) is 5.15. The Bertz CT molecular complexity index is 566. The number of hydrogen-bond donors (Lipinski definition) is 1. The zero-order chi connectivity index (χ0) is 13.0. The van der Waals surface area contributed by atoms with Crippen molar-refractivity contribution in [1.29, 1.82) is 5.26 Å². The van der Waals surface area contributed by atoms with Gasteiger partial charge in [-0.25, -0.2) is 9.78 Å². The largest absolute Gasteiger partial charge is 0.331 e. The predicted molar refractivity (Wildman–Crippen MR) is 65.7 cm³/mol. The molecule has 0 aliphatic heterocycles. The number of carbonyl (C=O) groups is 1. The van der Waals surface area contributed by atoms with Crippen molar-refractivity contribution in [2.24, 2.45) is 0 Å². The molecule has 5 nitrogen and oxygen atoms in total. The minimum Gasteiger partial charge on any atom is -0.331 e. The normalized spacial score (nSPS) is 11.6. The van der Waals surface area contributed by atoms with Gasteiger partial charge in [-0.1, -0.05) is 12.1 Å². The number of benzene rings is 1. The first-order valence-corrected chi connectivity index (χ1v) is 5.49. The van der Waals surface area contributed by atoms with Gasteiger partial charge in [0.2, 0.25) is 0 Å². The van der Waals surface area contributed by atoms with Crippen molar-refractivity contribution in [3.8, 4) is 6.07 Å². The van der Waals surface area contributed by atoms with Crippen LogP contribution in [0.1, 0.15) is 24.1 Å².